The van der Waals surface area contributed by atoms with Crippen LogP contribution in [0.4, 0.5) is 0 Å². The van der Waals surface area contributed by atoms with E-state index >= 15 is 0 Å². The van der Waals surface area contributed by atoms with Gasteiger partial charge in [-0.3, -0.25) is 24.0 Å². The van der Waals surface area contributed by atoms with Crippen molar-refractivity contribution in [1.29, 1.82) is 0 Å². The summed E-state index contributed by atoms with van der Waals surface area (Å²) in [6.07, 6.45) is 8.76. The zero-order valence-corrected chi connectivity index (χ0v) is 25.9. The van der Waals surface area contributed by atoms with E-state index in [0.717, 1.165) is 18.4 Å². The Kier molecular flexibility index (Phi) is 21.8. The van der Waals surface area contributed by atoms with Gasteiger partial charge in [0.05, 0.1) is 72.0 Å². The van der Waals surface area contributed by atoms with Crippen molar-refractivity contribution in [2.24, 2.45) is 0 Å². The molecule has 0 fully saturated rings. The van der Waals surface area contributed by atoms with E-state index in [1.54, 1.807) is 0 Å². The summed E-state index contributed by atoms with van der Waals surface area (Å²) in [5.41, 5.74) is 0.991. The van der Waals surface area contributed by atoms with Gasteiger partial charge in [-0.05, 0) is 38.7 Å². The molecule has 1 aliphatic rings. The quantitative estimate of drug-likeness (QED) is 0.0947. The lowest BCUT2D eigenvalue weighted by atomic mass is 9.98. The van der Waals surface area contributed by atoms with Crippen LogP contribution in [0.2, 0.25) is 0 Å². The minimum Gasteiger partial charge on any atom is -0.379 e. The van der Waals surface area contributed by atoms with E-state index in [-0.39, 0.29) is 62.3 Å². The molecule has 0 radical (unpaired) electrons. The fourth-order valence-corrected chi connectivity index (χ4v) is 3.67. The third-order valence-electron chi connectivity index (χ3n) is 6.09. The Hall–Kier alpha value is -3.46. The van der Waals surface area contributed by atoms with Gasteiger partial charge in [0.15, 0.2) is 5.78 Å². The molecule has 1 aliphatic carbocycles. The second kappa shape index (κ2) is 24.9. The lowest BCUT2D eigenvalue weighted by Crippen LogP contribution is -2.46. The van der Waals surface area contributed by atoms with Gasteiger partial charge in [-0.1, -0.05) is 18.2 Å². The molecule has 14 nitrogen and oxygen atoms in total. The number of Topliss-reactive ketones (excluding diaryl/α,β-unsaturated/α-hetero) is 2. The summed E-state index contributed by atoms with van der Waals surface area (Å²) in [4.78, 5) is 70.2. The Balaban J connectivity index is 1.93. The minimum absolute atomic E-state index is 0.0186. The maximum atomic E-state index is 12.2. The predicted molar refractivity (Wildman–Crippen MR) is 161 cm³/mol. The fraction of sp³-hybridized carbons (Fsp3) is 0.667. The summed E-state index contributed by atoms with van der Waals surface area (Å²) in [7, 11) is 0. The van der Waals surface area contributed by atoms with Gasteiger partial charge in [0.25, 0.3) is 0 Å². The van der Waals surface area contributed by atoms with Gasteiger partial charge in [-0.25, -0.2) is 0 Å². The second-order valence-corrected chi connectivity index (χ2v) is 10.00. The number of nitrogens with one attached hydrogen (secondary N) is 4. The molecule has 0 aliphatic heterocycles. The zero-order chi connectivity index (χ0) is 32.4. The van der Waals surface area contributed by atoms with Crippen LogP contribution < -0.4 is 21.3 Å². The van der Waals surface area contributed by atoms with Gasteiger partial charge in [0.2, 0.25) is 23.6 Å². The molecule has 0 bridgehead atoms. The van der Waals surface area contributed by atoms with Crippen molar-refractivity contribution >= 4 is 35.2 Å². The number of amides is 4. The van der Waals surface area contributed by atoms with E-state index in [1.807, 2.05) is 18.2 Å². The van der Waals surface area contributed by atoms with E-state index in [2.05, 4.69) is 21.3 Å². The van der Waals surface area contributed by atoms with E-state index in [0.29, 0.717) is 59.2 Å². The van der Waals surface area contributed by atoms with Crippen LogP contribution in [-0.4, -0.2) is 114 Å². The Morgan fingerprint density at radius 1 is 0.659 bits per heavy atom. The third-order valence-corrected chi connectivity index (χ3v) is 6.09. The number of hydrogen-bond acceptors (Lipinski definition) is 10. The van der Waals surface area contributed by atoms with Crippen molar-refractivity contribution < 1.29 is 47.7 Å². The second-order valence-electron chi connectivity index (χ2n) is 10.00. The summed E-state index contributed by atoms with van der Waals surface area (Å²) < 4.78 is 21.4. The summed E-state index contributed by atoms with van der Waals surface area (Å²) in [6.45, 7) is 5.28. The van der Waals surface area contributed by atoms with Gasteiger partial charge in [-0.15, -0.1) is 0 Å². The monoisotopic (exact) mass is 624 g/mol. The first kappa shape index (κ1) is 38.6. The van der Waals surface area contributed by atoms with Crippen LogP contribution >= 0.6 is 0 Å². The average molecular weight is 625 g/mol. The van der Waals surface area contributed by atoms with Crippen LogP contribution in [0.25, 0.3) is 0 Å². The summed E-state index contributed by atoms with van der Waals surface area (Å²) >= 11 is 0. The Morgan fingerprint density at radius 3 is 1.82 bits per heavy atom. The van der Waals surface area contributed by atoms with Gasteiger partial charge in [0.1, 0.15) is 5.78 Å². The highest BCUT2D eigenvalue weighted by atomic mass is 16.6. The number of ketones is 2. The van der Waals surface area contributed by atoms with Crippen LogP contribution in [0.5, 0.6) is 0 Å². The van der Waals surface area contributed by atoms with Crippen LogP contribution in [0.1, 0.15) is 52.4 Å². The van der Waals surface area contributed by atoms with Crippen LogP contribution in [0.15, 0.2) is 23.8 Å². The molecular weight excluding hydrogens is 576 g/mol. The maximum Gasteiger partial charge on any atom is 0.239 e. The minimum atomic E-state index is -0.664. The molecule has 0 heterocycles. The molecule has 0 saturated carbocycles. The molecule has 4 N–H and O–H groups in total. The van der Waals surface area contributed by atoms with Gasteiger partial charge < -0.3 is 45.0 Å². The van der Waals surface area contributed by atoms with Gasteiger partial charge >= 0.3 is 0 Å². The molecule has 0 aromatic carbocycles. The molecule has 14 heteroatoms. The highest BCUT2D eigenvalue weighted by molar-refractivity contribution is 5.91. The molecule has 0 spiro atoms. The largest absolute Gasteiger partial charge is 0.379 e. The zero-order valence-electron chi connectivity index (χ0n) is 25.9. The topological polar surface area (TPSA) is 187 Å². The van der Waals surface area contributed by atoms with Crippen molar-refractivity contribution in [2.75, 3.05) is 72.5 Å². The SMILES string of the molecule is CC(=O)CCC(=O)NCCOCCOCCOCCOCCC(=O)NCC(=O)NCC(=O)NC(CC1=CCCC=C1)C(C)=O. The molecule has 0 saturated heterocycles. The Morgan fingerprint density at radius 2 is 1.23 bits per heavy atom. The highest BCUT2D eigenvalue weighted by Crippen LogP contribution is 2.15. The van der Waals surface area contributed by atoms with E-state index in [9.17, 15) is 28.8 Å². The molecule has 1 rings (SSSR count). The van der Waals surface area contributed by atoms with Gasteiger partial charge in [0, 0.05) is 25.8 Å². The summed E-state index contributed by atoms with van der Waals surface area (Å²) in [6, 6.07) is -0.664. The number of hydrogen-bond donors (Lipinski definition) is 4. The van der Waals surface area contributed by atoms with Crippen molar-refractivity contribution in [1.82, 2.24) is 21.3 Å². The molecule has 1 atom stereocenters. The van der Waals surface area contributed by atoms with Crippen molar-refractivity contribution in [3.63, 3.8) is 0 Å². The maximum absolute atomic E-state index is 12.2. The first-order chi connectivity index (χ1) is 21.2. The van der Waals surface area contributed by atoms with Gasteiger partial charge in [-0.2, -0.15) is 0 Å². The molecule has 44 heavy (non-hydrogen) atoms. The van der Waals surface area contributed by atoms with Crippen LogP contribution in [0.3, 0.4) is 0 Å². The van der Waals surface area contributed by atoms with Crippen molar-refractivity contribution in [3.8, 4) is 0 Å². The highest BCUT2D eigenvalue weighted by Gasteiger charge is 2.19. The van der Waals surface area contributed by atoms with E-state index in [1.165, 1.54) is 13.8 Å². The third kappa shape index (κ3) is 22.1. The molecule has 248 valence electrons. The Labute approximate surface area is 259 Å². The number of ether oxygens (including phenoxy) is 4. The lowest BCUT2D eigenvalue weighted by molar-refractivity contribution is -0.129. The van der Waals surface area contributed by atoms with Crippen LogP contribution in [0, 0.1) is 0 Å². The standard InChI is InChI=1S/C30H48N4O10/c1-23(35)8-9-27(37)31-11-13-42-15-17-44-19-18-43-16-14-41-12-10-28(38)32-21-29(39)33-22-30(40)34-26(24(2)36)20-25-6-4-3-5-7-25/h4,6-7,26H,3,5,8-22H2,1-2H3,(H,31,37)(H,32,38)(H,33,39)(H,34,40). The number of carbonyl (C=O) groups is 6. The van der Waals surface area contributed by atoms with Crippen LogP contribution in [-0.2, 0) is 47.7 Å². The smallest absolute Gasteiger partial charge is 0.239 e. The van der Waals surface area contributed by atoms with Crippen molar-refractivity contribution in [2.45, 2.75) is 58.4 Å². The first-order valence-corrected chi connectivity index (χ1v) is 14.9. The molecule has 4 amide bonds. The normalized spacial score (nSPS) is 13.0. The predicted octanol–water partition coefficient (Wildman–Crippen LogP) is -0.0990. The number of rotatable bonds is 26. The molecular formula is C30H48N4O10. The average Bonchev–Trinajstić information content (AvgIpc) is 2.99. The molecule has 0 aromatic rings. The summed E-state index contributed by atoms with van der Waals surface area (Å²) in [5, 5.41) is 10.2. The lowest BCUT2D eigenvalue weighted by Gasteiger charge is -2.18. The number of allylic oxidation sites excluding steroid dienone is 3. The van der Waals surface area contributed by atoms with E-state index in [4.69, 9.17) is 18.9 Å². The van der Waals surface area contributed by atoms with Crippen molar-refractivity contribution in [3.05, 3.63) is 23.8 Å². The number of carbonyl (C=O) groups excluding carboxylic acids is 6. The summed E-state index contributed by atoms with van der Waals surface area (Å²) in [5.74, 6) is -1.75. The van der Waals surface area contributed by atoms with E-state index < -0.39 is 17.9 Å². The fourth-order valence-electron chi connectivity index (χ4n) is 3.67. The molecule has 1 unspecified atom stereocenters. The molecule has 0 aromatic heterocycles. The Bertz CT molecular complexity index is 983. The first-order valence-electron chi connectivity index (χ1n) is 14.9.